The maximum atomic E-state index is 9.34. The van der Waals surface area contributed by atoms with E-state index in [9.17, 15) is 5.26 Å². The number of fused-ring (bicyclic) bond motifs is 1. The van der Waals surface area contributed by atoms with Gasteiger partial charge in [0.25, 0.3) is 0 Å². The normalized spacial score (nSPS) is 11.5. The number of imidazole rings is 1. The number of aromatic amines is 1. The van der Waals surface area contributed by atoms with Crippen LogP contribution >= 0.6 is 11.6 Å². The Morgan fingerprint density at radius 1 is 1.15 bits per heavy atom. The van der Waals surface area contributed by atoms with Gasteiger partial charge in [-0.3, -0.25) is 0 Å². The molecule has 4 heteroatoms. The van der Waals surface area contributed by atoms with Crippen LogP contribution in [0.2, 0.25) is 5.02 Å². The van der Waals surface area contributed by atoms with E-state index in [0.717, 1.165) is 16.6 Å². The van der Waals surface area contributed by atoms with Crippen LogP contribution in [0.5, 0.6) is 0 Å². The molecule has 1 heterocycles. The molecule has 3 rings (SSSR count). The van der Waals surface area contributed by atoms with E-state index < -0.39 is 0 Å². The van der Waals surface area contributed by atoms with E-state index in [-0.39, 0.29) is 0 Å². The molecule has 0 aliphatic heterocycles. The summed E-state index contributed by atoms with van der Waals surface area (Å²) in [5.41, 5.74) is 2.99. The van der Waals surface area contributed by atoms with Gasteiger partial charge in [0.2, 0.25) is 0 Å². The minimum absolute atomic E-state index is 0.453. The average molecular weight is 280 g/mol. The molecule has 0 aliphatic rings. The van der Waals surface area contributed by atoms with Crippen molar-refractivity contribution in [1.29, 1.82) is 5.26 Å². The molecule has 0 radical (unpaired) electrons. The van der Waals surface area contributed by atoms with Crippen molar-refractivity contribution in [2.45, 2.75) is 0 Å². The zero-order valence-electron chi connectivity index (χ0n) is 10.5. The Kier molecular flexibility index (Phi) is 3.24. The lowest BCUT2D eigenvalue weighted by Crippen LogP contribution is -1.85. The van der Waals surface area contributed by atoms with Gasteiger partial charge < -0.3 is 4.98 Å². The molecule has 0 aliphatic carbocycles. The van der Waals surface area contributed by atoms with Crippen molar-refractivity contribution in [1.82, 2.24) is 9.97 Å². The van der Waals surface area contributed by atoms with E-state index in [1.165, 1.54) is 0 Å². The molecule has 20 heavy (non-hydrogen) atoms. The summed E-state index contributed by atoms with van der Waals surface area (Å²) in [5.74, 6) is 0.550. The van der Waals surface area contributed by atoms with Crippen molar-refractivity contribution >= 4 is 34.3 Å². The summed E-state index contributed by atoms with van der Waals surface area (Å²) >= 11 is 6.11. The number of nitriles is 1. The van der Waals surface area contributed by atoms with Gasteiger partial charge in [-0.15, -0.1) is 0 Å². The maximum absolute atomic E-state index is 9.34. The number of nitrogens with one attached hydrogen (secondary N) is 1. The quantitative estimate of drug-likeness (QED) is 0.712. The first-order valence-electron chi connectivity index (χ1n) is 6.09. The SMILES string of the molecule is N#CC(=Cc1ccccc1Cl)c1nc2ccccc2[nH]1. The van der Waals surface area contributed by atoms with E-state index >= 15 is 0 Å². The number of H-pyrrole nitrogens is 1. The number of allylic oxidation sites excluding steroid dienone is 1. The molecule has 0 amide bonds. The molecule has 0 bridgehead atoms. The predicted molar refractivity (Wildman–Crippen MR) is 81.0 cm³/mol. The van der Waals surface area contributed by atoms with Gasteiger partial charge in [0.15, 0.2) is 0 Å². The van der Waals surface area contributed by atoms with E-state index in [4.69, 9.17) is 11.6 Å². The van der Waals surface area contributed by atoms with E-state index in [1.54, 1.807) is 12.1 Å². The smallest absolute Gasteiger partial charge is 0.149 e. The van der Waals surface area contributed by atoms with Crippen LogP contribution in [-0.2, 0) is 0 Å². The standard InChI is InChI=1S/C16H10ClN3/c17-13-6-2-1-5-11(13)9-12(10-18)16-19-14-7-3-4-8-15(14)20-16/h1-9H,(H,19,20). The third-order valence-electron chi connectivity index (χ3n) is 2.97. The van der Waals surface area contributed by atoms with E-state index in [2.05, 4.69) is 16.0 Å². The van der Waals surface area contributed by atoms with Crippen LogP contribution in [0.25, 0.3) is 22.7 Å². The summed E-state index contributed by atoms with van der Waals surface area (Å²) in [6.07, 6.45) is 1.74. The van der Waals surface area contributed by atoms with Crippen LogP contribution in [0.4, 0.5) is 0 Å². The maximum Gasteiger partial charge on any atom is 0.149 e. The molecule has 0 saturated carbocycles. The second kappa shape index (κ2) is 5.20. The van der Waals surface area contributed by atoms with E-state index in [0.29, 0.717) is 16.4 Å². The summed E-state index contributed by atoms with van der Waals surface area (Å²) in [6.45, 7) is 0. The lowest BCUT2D eigenvalue weighted by Gasteiger charge is -1.98. The molecule has 0 atom stereocenters. The van der Waals surface area contributed by atoms with Gasteiger partial charge in [0, 0.05) is 5.02 Å². The first-order valence-corrected chi connectivity index (χ1v) is 6.47. The lowest BCUT2D eigenvalue weighted by atomic mass is 10.1. The number of hydrogen-bond acceptors (Lipinski definition) is 2. The van der Waals surface area contributed by atoms with Crippen molar-refractivity contribution in [3.63, 3.8) is 0 Å². The largest absolute Gasteiger partial charge is 0.337 e. The van der Waals surface area contributed by atoms with Gasteiger partial charge in [-0.25, -0.2) is 4.98 Å². The molecular formula is C16H10ClN3. The second-order valence-corrected chi connectivity index (χ2v) is 4.70. The van der Waals surface area contributed by atoms with Crippen LogP contribution in [0.1, 0.15) is 11.4 Å². The Morgan fingerprint density at radius 3 is 2.65 bits per heavy atom. The van der Waals surface area contributed by atoms with Crippen LogP contribution in [0.3, 0.4) is 0 Å². The first-order chi connectivity index (χ1) is 9.78. The van der Waals surface area contributed by atoms with Gasteiger partial charge in [-0.05, 0) is 29.8 Å². The third-order valence-corrected chi connectivity index (χ3v) is 3.31. The van der Waals surface area contributed by atoms with Gasteiger partial charge >= 0.3 is 0 Å². The Labute approximate surface area is 121 Å². The Balaban J connectivity index is 2.10. The van der Waals surface area contributed by atoms with Gasteiger partial charge in [-0.2, -0.15) is 5.26 Å². The van der Waals surface area contributed by atoms with E-state index in [1.807, 2.05) is 42.5 Å². The molecule has 3 aromatic rings. The molecule has 96 valence electrons. The second-order valence-electron chi connectivity index (χ2n) is 4.29. The fraction of sp³-hybridized carbons (Fsp3) is 0. The summed E-state index contributed by atoms with van der Waals surface area (Å²) in [7, 11) is 0. The molecule has 1 aromatic heterocycles. The molecule has 0 fully saturated rings. The fourth-order valence-electron chi connectivity index (χ4n) is 1.98. The van der Waals surface area contributed by atoms with Gasteiger partial charge in [0.1, 0.15) is 11.9 Å². The highest BCUT2D eigenvalue weighted by Crippen LogP contribution is 2.22. The predicted octanol–water partition coefficient (Wildman–Crippen LogP) is 4.28. The van der Waals surface area contributed by atoms with Crippen LogP contribution in [0, 0.1) is 11.3 Å². The molecule has 0 spiro atoms. The first kappa shape index (κ1) is 12.5. The lowest BCUT2D eigenvalue weighted by molar-refractivity contribution is 1.27. The number of hydrogen-bond donors (Lipinski definition) is 1. The number of para-hydroxylation sites is 2. The number of halogens is 1. The summed E-state index contributed by atoms with van der Waals surface area (Å²) in [4.78, 5) is 7.56. The van der Waals surface area contributed by atoms with Gasteiger partial charge in [-0.1, -0.05) is 41.9 Å². The Hall–Kier alpha value is -2.57. The molecule has 0 unspecified atom stereocenters. The van der Waals surface area contributed by atoms with Gasteiger partial charge in [0.05, 0.1) is 16.6 Å². The minimum Gasteiger partial charge on any atom is -0.337 e. The highest BCUT2D eigenvalue weighted by molar-refractivity contribution is 6.32. The molecule has 2 aromatic carbocycles. The molecule has 3 nitrogen and oxygen atoms in total. The Bertz CT molecular complexity index is 807. The monoisotopic (exact) mass is 279 g/mol. The molecular weight excluding hydrogens is 270 g/mol. The van der Waals surface area contributed by atoms with Crippen molar-refractivity contribution in [2.75, 3.05) is 0 Å². The minimum atomic E-state index is 0.453. The summed E-state index contributed by atoms with van der Waals surface area (Å²) < 4.78 is 0. The van der Waals surface area contributed by atoms with Crippen LogP contribution in [-0.4, -0.2) is 9.97 Å². The van der Waals surface area contributed by atoms with Crippen molar-refractivity contribution < 1.29 is 0 Å². The fourth-order valence-corrected chi connectivity index (χ4v) is 2.17. The highest BCUT2D eigenvalue weighted by Gasteiger charge is 2.08. The number of aromatic nitrogens is 2. The summed E-state index contributed by atoms with van der Waals surface area (Å²) in [5, 5.41) is 9.94. The van der Waals surface area contributed by atoms with Crippen LogP contribution < -0.4 is 0 Å². The molecule has 1 N–H and O–H groups in total. The number of benzene rings is 2. The highest BCUT2D eigenvalue weighted by atomic mass is 35.5. The zero-order chi connectivity index (χ0) is 13.9. The summed E-state index contributed by atoms with van der Waals surface area (Å²) in [6, 6.07) is 17.2. The average Bonchev–Trinajstić information content (AvgIpc) is 2.90. The Morgan fingerprint density at radius 2 is 1.90 bits per heavy atom. The molecule has 0 saturated heterocycles. The topological polar surface area (TPSA) is 52.5 Å². The van der Waals surface area contributed by atoms with Crippen molar-refractivity contribution in [2.24, 2.45) is 0 Å². The zero-order valence-corrected chi connectivity index (χ0v) is 11.2. The van der Waals surface area contributed by atoms with Crippen molar-refractivity contribution in [3.05, 3.63) is 64.9 Å². The number of nitrogens with zero attached hydrogens (tertiary/aromatic N) is 2. The third kappa shape index (κ3) is 2.29. The number of rotatable bonds is 2. The van der Waals surface area contributed by atoms with Crippen molar-refractivity contribution in [3.8, 4) is 6.07 Å². The van der Waals surface area contributed by atoms with Crippen LogP contribution in [0.15, 0.2) is 48.5 Å².